The molecule has 3 N–H and O–H groups in total. The van der Waals surface area contributed by atoms with Crippen molar-refractivity contribution in [1.29, 1.82) is 0 Å². The number of benzene rings is 1. The third kappa shape index (κ3) is 5.63. The quantitative estimate of drug-likeness (QED) is 0.537. The molecule has 1 aliphatic rings. The summed E-state index contributed by atoms with van der Waals surface area (Å²) in [6.07, 6.45) is 4.36. The fourth-order valence-corrected chi connectivity index (χ4v) is 3.84. The lowest BCUT2D eigenvalue weighted by atomic mass is 10.1. The zero-order chi connectivity index (χ0) is 24.8. The van der Waals surface area contributed by atoms with Gasteiger partial charge in [-0.15, -0.1) is 0 Å². The van der Waals surface area contributed by atoms with Crippen LogP contribution in [0.3, 0.4) is 0 Å². The van der Waals surface area contributed by atoms with Gasteiger partial charge in [0, 0.05) is 44.9 Å². The number of H-pyrrole nitrogens is 1. The third-order valence-corrected chi connectivity index (χ3v) is 5.51. The van der Waals surface area contributed by atoms with Crippen LogP contribution in [0.1, 0.15) is 32.3 Å². The average Bonchev–Trinajstić information content (AvgIpc) is 3.23. The number of hydrogen-bond acceptors (Lipinski definition) is 6. The van der Waals surface area contributed by atoms with Crippen molar-refractivity contribution in [2.24, 2.45) is 5.92 Å². The molecule has 3 rings (SSSR count). The molecular weight excluding hydrogens is 438 g/mol. The number of nitrogens with zero attached hydrogens (tertiary/aromatic N) is 3. The molecule has 34 heavy (non-hydrogen) atoms. The highest BCUT2D eigenvalue weighted by atomic mass is 16.5. The number of aromatic nitrogens is 2. The molecule has 2 heterocycles. The SMILES string of the molecule is COCCN(C(=O)/C=C/c1ccc(N2CCCC2=O)cc1)c1c(N)n(CC(C)C)c(=O)[nH]c1=O. The van der Waals surface area contributed by atoms with Crippen molar-refractivity contribution in [2.45, 2.75) is 33.2 Å². The second-order valence-corrected chi connectivity index (χ2v) is 8.55. The van der Waals surface area contributed by atoms with Crippen LogP contribution in [0.25, 0.3) is 6.08 Å². The molecule has 1 aromatic heterocycles. The van der Waals surface area contributed by atoms with Gasteiger partial charge >= 0.3 is 5.69 Å². The van der Waals surface area contributed by atoms with Crippen molar-refractivity contribution in [3.05, 3.63) is 56.7 Å². The Hall–Kier alpha value is -3.66. The average molecular weight is 470 g/mol. The van der Waals surface area contributed by atoms with Gasteiger partial charge < -0.3 is 15.4 Å². The van der Waals surface area contributed by atoms with Gasteiger partial charge in [-0.25, -0.2) is 4.79 Å². The zero-order valence-corrected chi connectivity index (χ0v) is 19.7. The maximum atomic E-state index is 13.1. The molecule has 1 saturated heterocycles. The highest BCUT2D eigenvalue weighted by molar-refractivity contribution is 6.05. The Labute approximate surface area is 197 Å². The Kier molecular flexibility index (Phi) is 8.06. The summed E-state index contributed by atoms with van der Waals surface area (Å²) in [5, 5.41) is 0. The molecule has 0 bridgehead atoms. The Balaban J connectivity index is 1.88. The predicted octanol–water partition coefficient (Wildman–Crippen LogP) is 1.59. The van der Waals surface area contributed by atoms with Gasteiger partial charge in [0.15, 0.2) is 5.69 Å². The number of rotatable bonds is 9. The topological polar surface area (TPSA) is 131 Å². The number of ether oxygens (including phenoxy) is 1. The Morgan fingerprint density at radius 1 is 1.24 bits per heavy atom. The van der Waals surface area contributed by atoms with Crippen LogP contribution >= 0.6 is 0 Å². The van der Waals surface area contributed by atoms with E-state index >= 15 is 0 Å². The number of nitrogens with two attached hydrogens (primary N) is 1. The van der Waals surface area contributed by atoms with Crippen molar-refractivity contribution < 1.29 is 14.3 Å². The summed E-state index contributed by atoms with van der Waals surface area (Å²) < 4.78 is 6.36. The minimum absolute atomic E-state index is 0.0695. The van der Waals surface area contributed by atoms with Crippen LogP contribution < -0.4 is 26.8 Å². The predicted molar refractivity (Wildman–Crippen MR) is 132 cm³/mol. The third-order valence-electron chi connectivity index (χ3n) is 5.51. The molecule has 0 atom stereocenters. The van der Waals surface area contributed by atoms with E-state index in [1.165, 1.54) is 22.7 Å². The van der Waals surface area contributed by atoms with E-state index in [0.717, 1.165) is 17.7 Å². The van der Waals surface area contributed by atoms with Crippen LogP contribution in [0.4, 0.5) is 17.2 Å². The first kappa shape index (κ1) is 25.0. The normalized spacial score (nSPS) is 13.9. The van der Waals surface area contributed by atoms with Gasteiger partial charge in [-0.1, -0.05) is 26.0 Å². The van der Waals surface area contributed by atoms with Gasteiger partial charge in [0.2, 0.25) is 5.91 Å². The number of carbonyl (C=O) groups is 2. The lowest BCUT2D eigenvalue weighted by Crippen LogP contribution is -2.42. The van der Waals surface area contributed by atoms with E-state index in [2.05, 4.69) is 4.98 Å². The highest BCUT2D eigenvalue weighted by Crippen LogP contribution is 2.22. The Morgan fingerprint density at radius 3 is 2.53 bits per heavy atom. The maximum Gasteiger partial charge on any atom is 0.330 e. The van der Waals surface area contributed by atoms with Crippen molar-refractivity contribution in [3.8, 4) is 0 Å². The molecule has 1 fully saturated rings. The number of nitrogen functional groups attached to an aromatic ring is 1. The minimum atomic E-state index is -0.736. The monoisotopic (exact) mass is 469 g/mol. The summed E-state index contributed by atoms with van der Waals surface area (Å²) >= 11 is 0. The van der Waals surface area contributed by atoms with Crippen LogP contribution in [0.5, 0.6) is 0 Å². The number of nitrogens with one attached hydrogen (secondary N) is 1. The standard InChI is InChI=1S/C24H31N5O5/c1-16(2)15-29-22(25)21(23(32)26-24(29)33)28(13-14-34-3)20(31)11-8-17-6-9-18(10-7-17)27-12-4-5-19(27)30/h6-11,16H,4-5,12-15,25H2,1-3H3,(H,26,32,33)/b11-8+. The summed E-state index contributed by atoms with van der Waals surface area (Å²) in [5.74, 6) is -0.350. The molecule has 2 amide bonds. The maximum absolute atomic E-state index is 13.1. The lowest BCUT2D eigenvalue weighted by molar-refractivity contribution is -0.117. The largest absolute Gasteiger partial charge is 0.383 e. The molecule has 182 valence electrons. The molecular formula is C24H31N5O5. The fourth-order valence-electron chi connectivity index (χ4n) is 3.84. The summed E-state index contributed by atoms with van der Waals surface area (Å²) in [6, 6.07) is 7.30. The molecule has 0 unspecified atom stereocenters. The van der Waals surface area contributed by atoms with Gasteiger partial charge in [0.1, 0.15) is 5.82 Å². The van der Waals surface area contributed by atoms with Crippen molar-refractivity contribution in [2.75, 3.05) is 42.3 Å². The van der Waals surface area contributed by atoms with Crippen molar-refractivity contribution in [3.63, 3.8) is 0 Å². The fraction of sp³-hybridized carbons (Fsp3) is 0.417. The number of anilines is 3. The van der Waals surface area contributed by atoms with E-state index < -0.39 is 17.2 Å². The number of carbonyl (C=O) groups excluding carboxylic acids is 2. The van der Waals surface area contributed by atoms with E-state index in [1.807, 2.05) is 38.1 Å². The molecule has 0 spiro atoms. The van der Waals surface area contributed by atoms with Crippen molar-refractivity contribution in [1.82, 2.24) is 9.55 Å². The molecule has 10 nitrogen and oxygen atoms in total. The van der Waals surface area contributed by atoms with Gasteiger partial charge in [-0.2, -0.15) is 0 Å². The molecule has 0 saturated carbocycles. The van der Waals surface area contributed by atoms with E-state index in [-0.39, 0.29) is 36.5 Å². The van der Waals surface area contributed by atoms with E-state index in [4.69, 9.17) is 10.5 Å². The van der Waals surface area contributed by atoms with Gasteiger partial charge in [-0.05, 0) is 36.1 Å². The number of amides is 2. The summed E-state index contributed by atoms with van der Waals surface area (Å²) in [5.41, 5.74) is 6.32. The number of hydrogen-bond donors (Lipinski definition) is 2. The van der Waals surface area contributed by atoms with E-state index in [9.17, 15) is 19.2 Å². The minimum Gasteiger partial charge on any atom is -0.383 e. The summed E-state index contributed by atoms with van der Waals surface area (Å²) in [7, 11) is 1.48. The van der Waals surface area contributed by atoms with Gasteiger partial charge in [-0.3, -0.25) is 28.8 Å². The Bertz CT molecular complexity index is 1180. The first-order valence-electron chi connectivity index (χ1n) is 11.2. The number of aromatic amines is 1. The number of methoxy groups -OCH3 is 1. The summed E-state index contributed by atoms with van der Waals surface area (Å²) in [6.45, 7) is 5.07. The molecule has 1 aromatic carbocycles. The first-order chi connectivity index (χ1) is 16.2. The Morgan fingerprint density at radius 2 is 1.94 bits per heavy atom. The molecule has 0 aliphatic carbocycles. The highest BCUT2D eigenvalue weighted by Gasteiger charge is 2.23. The lowest BCUT2D eigenvalue weighted by Gasteiger charge is -2.23. The second-order valence-electron chi connectivity index (χ2n) is 8.55. The van der Waals surface area contributed by atoms with Crippen LogP contribution in [-0.2, 0) is 20.9 Å². The van der Waals surface area contributed by atoms with Crippen LogP contribution in [0, 0.1) is 5.92 Å². The van der Waals surface area contributed by atoms with Crippen LogP contribution in [-0.4, -0.2) is 48.2 Å². The van der Waals surface area contributed by atoms with Crippen molar-refractivity contribution >= 4 is 35.1 Å². The summed E-state index contributed by atoms with van der Waals surface area (Å²) in [4.78, 5) is 55.1. The van der Waals surface area contributed by atoms with Gasteiger partial charge in [0.05, 0.1) is 6.61 Å². The van der Waals surface area contributed by atoms with Crippen LogP contribution in [0.2, 0.25) is 0 Å². The van der Waals surface area contributed by atoms with Crippen LogP contribution in [0.15, 0.2) is 39.9 Å². The van der Waals surface area contributed by atoms with Gasteiger partial charge in [0.25, 0.3) is 11.5 Å². The second kappa shape index (κ2) is 11.0. The molecule has 2 aromatic rings. The molecule has 1 aliphatic heterocycles. The first-order valence-corrected chi connectivity index (χ1v) is 11.2. The smallest absolute Gasteiger partial charge is 0.330 e. The molecule has 0 radical (unpaired) electrons. The zero-order valence-electron chi connectivity index (χ0n) is 19.7. The molecule has 10 heteroatoms. The van der Waals surface area contributed by atoms with E-state index in [1.54, 1.807) is 11.0 Å². The van der Waals surface area contributed by atoms with E-state index in [0.29, 0.717) is 19.5 Å².